The minimum Gasteiger partial charge on any atom is -0.497 e. The Morgan fingerprint density at radius 3 is 2.46 bits per heavy atom. The van der Waals surface area contributed by atoms with Crippen LogP contribution in [0.1, 0.15) is 65.0 Å². The van der Waals surface area contributed by atoms with Gasteiger partial charge in [-0.1, -0.05) is 59.2 Å². The lowest BCUT2D eigenvalue weighted by Gasteiger charge is -2.30. The summed E-state index contributed by atoms with van der Waals surface area (Å²) >= 11 is 3.57. The molecular formula is C28H39BrN2O4. The van der Waals surface area contributed by atoms with E-state index in [4.69, 9.17) is 9.47 Å². The van der Waals surface area contributed by atoms with Gasteiger partial charge in [0.2, 0.25) is 5.91 Å². The topological polar surface area (TPSA) is 67.9 Å². The fourth-order valence-electron chi connectivity index (χ4n) is 3.70. The minimum absolute atomic E-state index is 0.00386. The van der Waals surface area contributed by atoms with E-state index in [0.717, 1.165) is 28.4 Å². The van der Waals surface area contributed by atoms with Crippen molar-refractivity contribution in [3.63, 3.8) is 0 Å². The molecule has 7 heteroatoms. The second kappa shape index (κ2) is 13.5. The van der Waals surface area contributed by atoms with E-state index < -0.39 is 6.04 Å². The Morgan fingerprint density at radius 2 is 1.86 bits per heavy atom. The van der Waals surface area contributed by atoms with Gasteiger partial charge in [0.25, 0.3) is 5.91 Å². The molecule has 0 saturated heterocycles. The molecule has 2 amide bonds. The summed E-state index contributed by atoms with van der Waals surface area (Å²) in [5.41, 5.74) is 2.05. The molecule has 0 aliphatic carbocycles. The van der Waals surface area contributed by atoms with Crippen LogP contribution in [0.25, 0.3) is 0 Å². The van der Waals surface area contributed by atoms with E-state index in [1.54, 1.807) is 12.0 Å². The summed E-state index contributed by atoms with van der Waals surface area (Å²) in [5, 5.41) is 2.98. The highest BCUT2D eigenvalue weighted by molar-refractivity contribution is 9.10. The van der Waals surface area contributed by atoms with E-state index in [1.165, 1.54) is 0 Å². The Balaban J connectivity index is 2.23. The quantitative estimate of drug-likeness (QED) is 0.338. The molecule has 2 aromatic rings. The van der Waals surface area contributed by atoms with Crippen LogP contribution < -0.4 is 14.8 Å². The van der Waals surface area contributed by atoms with Crippen LogP contribution in [0.4, 0.5) is 0 Å². The predicted octanol–water partition coefficient (Wildman–Crippen LogP) is 5.86. The van der Waals surface area contributed by atoms with Crippen molar-refractivity contribution in [1.29, 1.82) is 0 Å². The smallest absolute Gasteiger partial charge is 0.261 e. The largest absolute Gasteiger partial charge is 0.497 e. The number of unbranched alkanes of at least 4 members (excludes halogenated alkanes) is 1. The van der Waals surface area contributed by atoms with E-state index in [9.17, 15) is 9.59 Å². The van der Waals surface area contributed by atoms with Crippen molar-refractivity contribution in [2.75, 3.05) is 20.3 Å². The maximum atomic E-state index is 13.4. The lowest BCUT2D eigenvalue weighted by atomic mass is 9.87. The monoisotopic (exact) mass is 546 g/mol. The van der Waals surface area contributed by atoms with Crippen LogP contribution in [0.3, 0.4) is 0 Å². The third-order valence-corrected chi connectivity index (χ3v) is 6.47. The van der Waals surface area contributed by atoms with Crippen molar-refractivity contribution >= 4 is 27.7 Å². The van der Waals surface area contributed by atoms with Crippen LogP contribution in [0.5, 0.6) is 11.5 Å². The molecule has 0 saturated carbocycles. The van der Waals surface area contributed by atoms with Crippen molar-refractivity contribution in [1.82, 2.24) is 10.2 Å². The highest BCUT2D eigenvalue weighted by atomic mass is 79.9. The fourth-order valence-corrected chi connectivity index (χ4v) is 4.19. The number of rotatable bonds is 12. The van der Waals surface area contributed by atoms with Crippen molar-refractivity contribution < 1.29 is 19.1 Å². The third kappa shape index (κ3) is 8.57. The highest BCUT2D eigenvalue weighted by Crippen LogP contribution is 2.31. The van der Waals surface area contributed by atoms with Crippen LogP contribution in [-0.4, -0.2) is 43.0 Å². The van der Waals surface area contributed by atoms with Gasteiger partial charge in [0.15, 0.2) is 6.61 Å². The molecule has 35 heavy (non-hydrogen) atoms. The van der Waals surface area contributed by atoms with Crippen molar-refractivity contribution in [2.45, 2.75) is 71.9 Å². The van der Waals surface area contributed by atoms with Gasteiger partial charge in [0.1, 0.15) is 17.5 Å². The second-order valence-electron chi connectivity index (χ2n) is 9.63. The normalized spacial score (nSPS) is 12.1. The number of hydrogen-bond acceptors (Lipinski definition) is 4. The molecule has 0 aromatic heterocycles. The Hall–Kier alpha value is -2.54. The molecular weight excluding hydrogens is 508 g/mol. The number of carbonyl (C=O) groups excluding carboxylic acids is 2. The predicted molar refractivity (Wildman–Crippen MR) is 144 cm³/mol. The van der Waals surface area contributed by atoms with Gasteiger partial charge in [-0.3, -0.25) is 9.59 Å². The summed E-state index contributed by atoms with van der Waals surface area (Å²) in [5.74, 6) is 0.896. The molecule has 0 bridgehead atoms. The molecule has 0 spiro atoms. The first-order valence-corrected chi connectivity index (χ1v) is 13.0. The average Bonchev–Trinajstić information content (AvgIpc) is 2.82. The summed E-state index contributed by atoms with van der Waals surface area (Å²) in [6.07, 6.45) is 2.38. The SMILES string of the molecule is CCCCNC(=O)C(CC)N(Cc1cccc(OC)c1)C(=O)COc1ccc(C(C)(C)C)cc1Br. The van der Waals surface area contributed by atoms with E-state index >= 15 is 0 Å². The van der Waals surface area contributed by atoms with Crippen molar-refractivity contribution in [2.24, 2.45) is 0 Å². The molecule has 1 atom stereocenters. The zero-order valence-electron chi connectivity index (χ0n) is 21.8. The number of methoxy groups -OCH3 is 1. The van der Waals surface area contributed by atoms with Gasteiger partial charge >= 0.3 is 0 Å². The zero-order chi connectivity index (χ0) is 26.0. The van der Waals surface area contributed by atoms with Crippen LogP contribution in [0.2, 0.25) is 0 Å². The van der Waals surface area contributed by atoms with Crippen LogP contribution >= 0.6 is 15.9 Å². The summed E-state index contributed by atoms with van der Waals surface area (Å²) in [4.78, 5) is 28.0. The number of ether oxygens (including phenoxy) is 2. The summed E-state index contributed by atoms with van der Waals surface area (Å²) in [6.45, 7) is 11.1. The minimum atomic E-state index is -0.596. The molecule has 0 fully saturated rings. The highest BCUT2D eigenvalue weighted by Gasteiger charge is 2.29. The summed E-state index contributed by atoms with van der Waals surface area (Å²) in [6, 6.07) is 12.8. The van der Waals surface area contributed by atoms with Crippen molar-refractivity contribution in [3.8, 4) is 11.5 Å². The maximum Gasteiger partial charge on any atom is 0.261 e. The number of nitrogens with zero attached hydrogens (tertiary/aromatic N) is 1. The molecule has 0 heterocycles. The molecule has 2 aromatic carbocycles. The van der Waals surface area contributed by atoms with Crippen molar-refractivity contribution in [3.05, 3.63) is 58.1 Å². The summed E-state index contributed by atoms with van der Waals surface area (Å²) in [7, 11) is 1.61. The van der Waals surface area contributed by atoms with E-state index in [2.05, 4.69) is 48.9 Å². The van der Waals surface area contributed by atoms with Gasteiger partial charge in [-0.15, -0.1) is 0 Å². The molecule has 0 radical (unpaired) electrons. The lowest BCUT2D eigenvalue weighted by Crippen LogP contribution is -2.50. The van der Waals surface area contributed by atoms with Gasteiger partial charge in [-0.25, -0.2) is 0 Å². The molecule has 1 unspecified atom stereocenters. The maximum absolute atomic E-state index is 13.4. The molecule has 0 aliphatic heterocycles. The van der Waals surface area contributed by atoms with Gasteiger partial charge < -0.3 is 19.7 Å². The van der Waals surface area contributed by atoms with E-state index in [0.29, 0.717) is 24.5 Å². The van der Waals surface area contributed by atoms with E-state index in [-0.39, 0.29) is 30.4 Å². The molecule has 0 aliphatic rings. The van der Waals surface area contributed by atoms with Gasteiger partial charge in [-0.05, 0) is 69.6 Å². The van der Waals surface area contributed by atoms with Gasteiger partial charge in [0, 0.05) is 13.1 Å². The van der Waals surface area contributed by atoms with E-state index in [1.807, 2.05) is 49.4 Å². The number of hydrogen-bond donors (Lipinski definition) is 1. The molecule has 6 nitrogen and oxygen atoms in total. The molecule has 1 N–H and O–H groups in total. The zero-order valence-corrected chi connectivity index (χ0v) is 23.4. The first kappa shape index (κ1) is 28.7. The number of amides is 2. The second-order valence-corrected chi connectivity index (χ2v) is 10.5. The standard InChI is InChI=1S/C28H39BrN2O4/c1-7-9-15-30-27(33)24(8-2)31(18-20-11-10-12-22(16-20)34-6)26(32)19-35-25-14-13-21(17-23(25)29)28(3,4)5/h10-14,16-17,24H,7-9,15,18-19H2,1-6H3,(H,30,33). The first-order valence-electron chi connectivity index (χ1n) is 12.2. The number of nitrogens with one attached hydrogen (secondary N) is 1. The Bertz CT molecular complexity index is 987. The number of halogens is 1. The Kier molecular flexibility index (Phi) is 11.1. The van der Waals surface area contributed by atoms with Crippen LogP contribution in [0, 0.1) is 0 Å². The molecule has 2 rings (SSSR count). The number of benzene rings is 2. The van der Waals surface area contributed by atoms with Gasteiger partial charge in [0.05, 0.1) is 11.6 Å². The molecule has 192 valence electrons. The lowest BCUT2D eigenvalue weighted by molar-refractivity contribution is -0.143. The van der Waals surface area contributed by atoms with Gasteiger partial charge in [-0.2, -0.15) is 0 Å². The fraction of sp³-hybridized carbons (Fsp3) is 0.500. The first-order chi connectivity index (χ1) is 16.6. The summed E-state index contributed by atoms with van der Waals surface area (Å²) < 4.78 is 12.0. The Morgan fingerprint density at radius 1 is 1.11 bits per heavy atom. The van der Waals surface area contributed by atoms with Crippen LogP contribution in [-0.2, 0) is 21.5 Å². The third-order valence-electron chi connectivity index (χ3n) is 5.85. The Labute approximate surface area is 218 Å². The van der Waals surface area contributed by atoms with Crippen LogP contribution in [0.15, 0.2) is 46.9 Å². The average molecular weight is 548 g/mol. The number of carbonyl (C=O) groups is 2.